The molecule has 0 unspecified atom stereocenters. The molecule has 1 saturated heterocycles. The van der Waals surface area contributed by atoms with Crippen LogP contribution < -0.4 is 10.6 Å². The molecule has 36 heavy (non-hydrogen) atoms. The Hall–Kier alpha value is -3.91. The number of nitrogens with one attached hydrogen (secondary N) is 2. The number of hydrogen-bond acceptors (Lipinski definition) is 5. The standard InChI is InChI=1S/C25H22F3N5O2S/c1-15-8-10-33(14-15)24(35)32-23-30-13-20(36-23)6-4-17-11-19(5-3-16(17)2)31-22(34)21-12-18(7-9-29-21)25(26,27)28/h3,5,7,9,11-13,15H,8,10,14H2,1-2H3,(H,31,34)(H,30,32,35)/t15-/m0/s1. The van der Waals surface area contributed by atoms with Gasteiger partial charge in [0.15, 0.2) is 5.13 Å². The van der Waals surface area contributed by atoms with Crippen molar-refractivity contribution in [2.45, 2.75) is 26.4 Å². The largest absolute Gasteiger partial charge is 0.416 e. The summed E-state index contributed by atoms with van der Waals surface area (Å²) in [6.07, 6.45) is -1.07. The molecule has 1 aliphatic rings. The minimum atomic E-state index is -4.57. The van der Waals surface area contributed by atoms with Gasteiger partial charge in [-0.2, -0.15) is 13.2 Å². The maximum atomic E-state index is 12.9. The van der Waals surface area contributed by atoms with Crippen molar-refractivity contribution < 1.29 is 22.8 Å². The molecule has 0 saturated carbocycles. The summed E-state index contributed by atoms with van der Waals surface area (Å²) >= 11 is 1.25. The zero-order valence-corrected chi connectivity index (χ0v) is 20.3. The quantitative estimate of drug-likeness (QED) is 0.460. The first-order valence-electron chi connectivity index (χ1n) is 11.1. The van der Waals surface area contributed by atoms with E-state index in [0.29, 0.717) is 33.2 Å². The number of anilines is 2. The number of aromatic nitrogens is 2. The predicted molar refractivity (Wildman–Crippen MR) is 131 cm³/mol. The van der Waals surface area contributed by atoms with E-state index in [1.807, 2.05) is 6.92 Å². The van der Waals surface area contributed by atoms with Crippen LogP contribution in [0, 0.1) is 24.7 Å². The Kier molecular flexibility index (Phi) is 7.26. The average Bonchev–Trinajstić information content (AvgIpc) is 3.47. The van der Waals surface area contributed by atoms with Crippen molar-refractivity contribution in [1.29, 1.82) is 0 Å². The fourth-order valence-corrected chi connectivity index (χ4v) is 4.23. The molecule has 7 nitrogen and oxygen atoms in total. The summed E-state index contributed by atoms with van der Waals surface area (Å²) in [6, 6.07) is 6.34. The molecule has 186 valence electrons. The van der Waals surface area contributed by atoms with Crippen molar-refractivity contribution in [2.24, 2.45) is 5.92 Å². The van der Waals surface area contributed by atoms with Gasteiger partial charge >= 0.3 is 12.2 Å². The fraction of sp³-hybridized carbons (Fsp3) is 0.280. The molecular weight excluding hydrogens is 491 g/mol. The first-order chi connectivity index (χ1) is 17.1. The first kappa shape index (κ1) is 25.2. The number of rotatable bonds is 3. The molecule has 2 N–H and O–H groups in total. The van der Waals surface area contributed by atoms with E-state index in [2.05, 4.69) is 39.4 Å². The van der Waals surface area contributed by atoms with Crippen LogP contribution in [0.2, 0.25) is 0 Å². The smallest absolute Gasteiger partial charge is 0.324 e. The van der Waals surface area contributed by atoms with E-state index in [0.717, 1.165) is 37.3 Å². The fourth-order valence-electron chi connectivity index (χ4n) is 3.57. The highest BCUT2D eigenvalue weighted by molar-refractivity contribution is 7.16. The van der Waals surface area contributed by atoms with Crippen LogP contribution in [0.1, 0.15) is 45.4 Å². The SMILES string of the molecule is Cc1ccc(NC(=O)c2cc(C(F)(F)F)ccn2)cc1C#Cc1cnc(NC(=O)N2CC[C@H](C)C2)s1. The maximum Gasteiger partial charge on any atom is 0.416 e. The van der Waals surface area contributed by atoms with Crippen molar-refractivity contribution in [3.8, 4) is 11.8 Å². The summed E-state index contributed by atoms with van der Waals surface area (Å²) in [5, 5.41) is 5.81. The van der Waals surface area contributed by atoms with E-state index in [1.54, 1.807) is 29.3 Å². The Labute approximate surface area is 209 Å². The van der Waals surface area contributed by atoms with E-state index >= 15 is 0 Å². The summed E-state index contributed by atoms with van der Waals surface area (Å²) in [4.78, 5) is 35.1. The molecule has 2 aromatic heterocycles. The summed E-state index contributed by atoms with van der Waals surface area (Å²) in [5.41, 5.74) is 0.536. The highest BCUT2D eigenvalue weighted by Gasteiger charge is 2.31. The van der Waals surface area contributed by atoms with E-state index in [-0.39, 0.29) is 11.7 Å². The lowest BCUT2D eigenvalue weighted by atomic mass is 10.1. The van der Waals surface area contributed by atoms with Crippen LogP contribution in [0.25, 0.3) is 0 Å². The van der Waals surface area contributed by atoms with Crippen LogP contribution >= 0.6 is 11.3 Å². The number of carbonyl (C=O) groups is 2. The highest BCUT2D eigenvalue weighted by atomic mass is 32.1. The van der Waals surface area contributed by atoms with Crippen molar-refractivity contribution in [2.75, 3.05) is 23.7 Å². The second-order valence-corrected chi connectivity index (χ2v) is 9.49. The summed E-state index contributed by atoms with van der Waals surface area (Å²) in [5.74, 6) is 5.74. The van der Waals surface area contributed by atoms with Gasteiger partial charge in [-0.05, 0) is 55.0 Å². The Balaban J connectivity index is 1.44. The van der Waals surface area contributed by atoms with Gasteiger partial charge in [0.2, 0.25) is 0 Å². The van der Waals surface area contributed by atoms with Crippen molar-refractivity contribution in [3.05, 3.63) is 70.0 Å². The van der Waals surface area contributed by atoms with Gasteiger partial charge in [0.25, 0.3) is 5.91 Å². The lowest BCUT2D eigenvalue weighted by molar-refractivity contribution is -0.137. The topological polar surface area (TPSA) is 87.2 Å². The summed E-state index contributed by atoms with van der Waals surface area (Å²) in [6.45, 7) is 5.40. The van der Waals surface area contributed by atoms with E-state index in [1.165, 1.54) is 11.3 Å². The van der Waals surface area contributed by atoms with Crippen LogP contribution in [0.4, 0.5) is 28.8 Å². The molecule has 1 aromatic carbocycles. The number of halogens is 3. The number of nitrogens with zero attached hydrogens (tertiary/aromatic N) is 3. The van der Waals surface area contributed by atoms with Crippen LogP contribution in [-0.2, 0) is 6.18 Å². The van der Waals surface area contributed by atoms with Crippen LogP contribution in [0.15, 0.2) is 42.7 Å². The molecular formula is C25H22F3N5O2S. The van der Waals surface area contributed by atoms with Gasteiger partial charge in [-0.25, -0.2) is 9.78 Å². The number of alkyl halides is 3. The normalized spacial score (nSPS) is 15.2. The van der Waals surface area contributed by atoms with E-state index in [4.69, 9.17) is 0 Å². The first-order valence-corrected chi connectivity index (χ1v) is 11.9. The van der Waals surface area contributed by atoms with Gasteiger partial charge in [-0.15, -0.1) is 0 Å². The summed E-state index contributed by atoms with van der Waals surface area (Å²) < 4.78 is 38.8. The van der Waals surface area contributed by atoms with Crippen LogP contribution in [-0.4, -0.2) is 39.9 Å². The van der Waals surface area contributed by atoms with Gasteiger partial charge in [0.05, 0.1) is 16.6 Å². The number of urea groups is 1. The van der Waals surface area contributed by atoms with Crippen LogP contribution in [0.3, 0.4) is 0 Å². The maximum absolute atomic E-state index is 12.9. The molecule has 3 aromatic rings. The highest BCUT2D eigenvalue weighted by Crippen LogP contribution is 2.29. The number of pyridine rings is 1. The van der Waals surface area contributed by atoms with Gasteiger partial charge in [0.1, 0.15) is 5.69 Å². The lowest BCUT2D eigenvalue weighted by Gasteiger charge is -2.15. The van der Waals surface area contributed by atoms with E-state index in [9.17, 15) is 22.8 Å². The molecule has 0 bridgehead atoms. The number of amides is 3. The molecule has 0 spiro atoms. The monoisotopic (exact) mass is 513 g/mol. The third kappa shape index (κ3) is 6.20. The lowest BCUT2D eigenvalue weighted by Crippen LogP contribution is -2.32. The van der Waals surface area contributed by atoms with Gasteiger partial charge in [0, 0.05) is 30.5 Å². The number of hydrogen-bond donors (Lipinski definition) is 2. The number of carbonyl (C=O) groups excluding carboxylic acids is 2. The molecule has 4 rings (SSSR count). The van der Waals surface area contributed by atoms with Crippen molar-refractivity contribution >= 4 is 34.1 Å². The molecule has 0 radical (unpaired) electrons. The zero-order valence-electron chi connectivity index (χ0n) is 19.4. The predicted octanol–water partition coefficient (Wildman–Crippen LogP) is 5.39. The number of thiazole rings is 1. The van der Waals surface area contributed by atoms with Gasteiger partial charge < -0.3 is 10.2 Å². The number of benzene rings is 1. The molecule has 1 atom stereocenters. The molecule has 0 aliphatic carbocycles. The van der Waals surface area contributed by atoms with Gasteiger partial charge in [-0.3, -0.25) is 15.1 Å². The Morgan fingerprint density at radius 1 is 1.14 bits per heavy atom. The Morgan fingerprint density at radius 2 is 1.94 bits per heavy atom. The molecule has 11 heteroatoms. The second-order valence-electron chi connectivity index (χ2n) is 8.46. The molecule has 1 fully saturated rings. The third-order valence-electron chi connectivity index (χ3n) is 5.57. The average molecular weight is 514 g/mol. The number of likely N-dealkylation sites (tertiary alicyclic amines) is 1. The third-order valence-corrected chi connectivity index (χ3v) is 6.39. The number of aryl methyl sites for hydroxylation is 1. The van der Waals surface area contributed by atoms with E-state index < -0.39 is 17.6 Å². The zero-order chi connectivity index (χ0) is 25.9. The molecule has 1 aliphatic heterocycles. The van der Waals surface area contributed by atoms with Crippen molar-refractivity contribution in [3.63, 3.8) is 0 Å². The van der Waals surface area contributed by atoms with Crippen molar-refractivity contribution in [1.82, 2.24) is 14.9 Å². The summed E-state index contributed by atoms with van der Waals surface area (Å²) in [7, 11) is 0. The Morgan fingerprint density at radius 3 is 2.67 bits per heavy atom. The molecule has 3 amide bonds. The Bertz CT molecular complexity index is 1360. The minimum Gasteiger partial charge on any atom is -0.324 e. The van der Waals surface area contributed by atoms with Crippen LogP contribution in [0.5, 0.6) is 0 Å². The second kappa shape index (κ2) is 10.4. The minimum absolute atomic E-state index is 0.178. The molecule has 3 heterocycles. The van der Waals surface area contributed by atoms with Gasteiger partial charge in [-0.1, -0.05) is 30.2 Å².